The van der Waals surface area contributed by atoms with Gasteiger partial charge in [0.1, 0.15) is 0 Å². The van der Waals surface area contributed by atoms with Crippen LogP contribution < -0.4 is 0 Å². The van der Waals surface area contributed by atoms with Crippen LogP contribution >= 0.6 is 0 Å². The van der Waals surface area contributed by atoms with Gasteiger partial charge in [-0.2, -0.15) is 0 Å². The molecule has 0 atom stereocenters. The molecule has 0 saturated heterocycles. The fraction of sp³-hybridized carbons (Fsp3) is 0.0909. The van der Waals surface area contributed by atoms with E-state index in [1.54, 1.807) is 6.08 Å². The van der Waals surface area contributed by atoms with E-state index in [1.165, 1.54) is 0 Å². The zero-order valence-electron chi connectivity index (χ0n) is 7.53. The molecule has 0 bridgehead atoms. The summed E-state index contributed by atoms with van der Waals surface area (Å²) in [4.78, 5) is 0. The van der Waals surface area contributed by atoms with Gasteiger partial charge in [-0.1, -0.05) is 43.0 Å². The van der Waals surface area contributed by atoms with Gasteiger partial charge in [-0.05, 0) is 5.56 Å². The monoisotopic (exact) mass is 151 g/mol. The van der Waals surface area contributed by atoms with Crippen molar-refractivity contribution >= 4 is 23.8 Å². The Balaban J connectivity index is 0.000000261. The van der Waals surface area contributed by atoms with Crippen molar-refractivity contribution in [2.75, 3.05) is 0 Å². The average molecular weight is 151 g/mol. The van der Waals surface area contributed by atoms with E-state index in [9.17, 15) is 0 Å². The molecule has 1 heteroatoms. The van der Waals surface area contributed by atoms with Gasteiger partial charge in [0.05, 0.1) is 0 Å². The Labute approximate surface area is 84.2 Å². The van der Waals surface area contributed by atoms with Gasteiger partial charge in [0.25, 0.3) is 0 Å². The fourth-order valence-corrected chi connectivity index (χ4v) is 0.564. The first-order valence-electron chi connectivity index (χ1n) is 4.06. The van der Waals surface area contributed by atoms with Crippen LogP contribution in [0.3, 0.4) is 0 Å². The van der Waals surface area contributed by atoms with Crippen LogP contribution in [0.1, 0.15) is 5.56 Å². The molecular weight excluding hydrogens is 139 g/mol. The summed E-state index contributed by atoms with van der Waals surface area (Å²) in [5, 5.41) is 1.08. The molecule has 1 rings (SSSR count). The molecule has 0 aliphatic rings. The topological polar surface area (TPSA) is 0 Å². The Morgan fingerprint density at radius 3 is 2.08 bits per heavy atom. The van der Waals surface area contributed by atoms with Crippen molar-refractivity contribution in [3.8, 4) is 0 Å². The summed E-state index contributed by atoms with van der Waals surface area (Å²) in [7, 11) is 0. The van der Waals surface area contributed by atoms with Crippen molar-refractivity contribution in [2.45, 2.75) is 5.09 Å². The predicted octanol–water partition coefficient (Wildman–Crippen LogP) is 2.89. The number of hydrogen-bond acceptors (Lipinski definition) is 0. The fourth-order valence-electron chi connectivity index (χ4n) is 0.564. The van der Waals surface area contributed by atoms with Crippen molar-refractivity contribution in [1.29, 1.82) is 0 Å². The Kier molecular flexibility index (Phi) is 7.90. The van der Waals surface area contributed by atoms with E-state index < -0.39 is 0 Å². The number of benzene rings is 1. The molecular formula is C11H12Li. The Morgan fingerprint density at radius 2 is 1.83 bits per heavy atom. The van der Waals surface area contributed by atoms with Crippen LogP contribution in [0.4, 0.5) is 0 Å². The molecule has 12 heavy (non-hydrogen) atoms. The molecule has 0 saturated carbocycles. The van der Waals surface area contributed by atoms with Crippen LogP contribution in [0.15, 0.2) is 43.0 Å². The van der Waals surface area contributed by atoms with Crippen LogP contribution in [-0.2, 0) is 0 Å². The van der Waals surface area contributed by atoms with Gasteiger partial charge in [-0.25, -0.2) is 0 Å². The summed E-state index contributed by atoms with van der Waals surface area (Å²) in [5.41, 5.74) is 1.06. The van der Waals surface area contributed by atoms with Crippen molar-refractivity contribution in [3.63, 3.8) is 0 Å². The molecule has 0 N–H and O–H groups in total. The average Bonchev–Trinajstić information content (AvgIpc) is 2.19. The van der Waals surface area contributed by atoms with E-state index in [-0.39, 0.29) is 0 Å². The van der Waals surface area contributed by atoms with Gasteiger partial charge in [-0.15, -0.1) is 0 Å². The maximum atomic E-state index is 5.22. The third kappa shape index (κ3) is 6.04. The Bertz CT molecular complexity index is 214. The molecule has 0 unspecified atom stereocenters. The first kappa shape index (κ1) is 11.3. The zero-order chi connectivity index (χ0) is 9.23. The molecule has 0 aliphatic carbocycles. The zero-order valence-corrected chi connectivity index (χ0v) is 7.53. The van der Waals surface area contributed by atoms with E-state index in [0.29, 0.717) is 0 Å². The second-order valence-corrected chi connectivity index (χ2v) is 2.27. The minimum atomic E-state index is 1.06. The van der Waals surface area contributed by atoms with E-state index in [2.05, 4.69) is 24.3 Å². The van der Waals surface area contributed by atoms with Crippen LogP contribution in [0.5, 0.6) is 0 Å². The standard InChI is InChI=1S/C8H7.C3H5.Li/c1-2-8-6-4-3-5-7-8;1-3-2;/h1-7H;3H,1-2H2;. The summed E-state index contributed by atoms with van der Waals surface area (Å²) >= 11 is 2.06. The number of allylic oxidation sites excluding steroid dienone is 1. The van der Waals surface area contributed by atoms with Crippen LogP contribution in [-0.4, -0.2) is 17.7 Å². The molecule has 0 spiro atoms. The summed E-state index contributed by atoms with van der Waals surface area (Å²) in [6, 6.07) is 9.80. The van der Waals surface area contributed by atoms with Crippen molar-refractivity contribution in [1.82, 2.24) is 0 Å². The van der Waals surface area contributed by atoms with Crippen molar-refractivity contribution in [2.24, 2.45) is 0 Å². The first-order valence-corrected chi connectivity index (χ1v) is 4.06. The Hall–Kier alpha value is -0.703. The second kappa shape index (κ2) is 8.39. The summed E-state index contributed by atoms with van der Waals surface area (Å²) in [5.74, 6) is 0. The molecule has 1 aromatic rings. The quantitative estimate of drug-likeness (QED) is 0.450. The third-order valence-electron chi connectivity index (χ3n) is 1.28. The molecule has 0 heterocycles. The van der Waals surface area contributed by atoms with Gasteiger partial charge in [0.15, 0.2) is 0 Å². The molecule has 0 aliphatic heterocycles. The summed E-state index contributed by atoms with van der Waals surface area (Å²) < 4.78 is 0. The second-order valence-electron chi connectivity index (χ2n) is 2.27. The minimum absolute atomic E-state index is 1.06. The number of hydrogen-bond donors (Lipinski definition) is 0. The van der Waals surface area contributed by atoms with Crippen molar-refractivity contribution < 1.29 is 0 Å². The van der Waals surface area contributed by atoms with Crippen molar-refractivity contribution in [3.05, 3.63) is 55.1 Å². The van der Waals surface area contributed by atoms with E-state index in [1.807, 2.05) is 36.4 Å². The molecule has 1 radical (unpaired) electrons. The van der Waals surface area contributed by atoms with E-state index in [4.69, 9.17) is 6.58 Å². The van der Waals surface area contributed by atoms with Gasteiger partial charge in [-0.3, -0.25) is 0 Å². The van der Waals surface area contributed by atoms with Gasteiger partial charge < -0.3 is 0 Å². The maximum absolute atomic E-state index is 5.22. The van der Waals surface area contributed by atoms with Crippen LogP contribution in [0.2, 0.25) is 5.09 Å². The number of rotatable bonds is 2. The summed E-state index contributed by atoms with van der Waals surface area (Å²) in [6.45, 7) is 8.70. The predicted molar refractivity (Wildman–Crippen MR) is 56.0 cm³/mol. The van der Waals surface area contributed by atoms with E-state index >= 15 is 0 Å². The Morgan fingerprint density at radius 1 is 1.33 bits per heavy atom. The van der Waals surface area contributed by atoms with Gasteiger partial charge >= 0.3 is 35.5 Å². The molecule has 0 nitrogen and oxygen atoms in total. The third-order valence-corrected chi connectivity index (χ3v) is 1.28. The molecule has 57 valence electrons. The molecule has 0 fully saturated rings. The van der Waals surface area contributed by atoms with E-state index in [0.717, 1.165) is 10.7 Å². The van der Waals surface area contributed by atoms with Gasteiger partial charge in [0, 0.05) is 0 Å². The SMILES string of the molecule is [CH]=Cc1ccccc1.[Li][CH2]C=C. The molecule has 0 amide bonds. The molecule has 1 aromatic carbocycles. The molecule has 0 aromatic heterocycles. The van der Waals surface area contributed by atoms with Crippen LogP contribution in [0, 0.1) is 6.58 Å². The summed E-state index contributed by atoms with van der Waals surface area (Å²) in [6.07, 6.45) is 3.46. The van der Waals surface area contributed by atoms with Gasteiger partial charge in [0.2, 0.25) is 0 Å². The normalized spacial score (nSPS) is 7.83. The van der Waals surface area contributed by atoms with Crippen LogP contribution in [0.25, 0.3) is 6.08 Å². The first-order chi connectivity index (χ1) is 5.85.